The zero-order chi connectivity index (χ0) is 12.1. The molecule has 2 rings (SSSR count). The Morgan fingerprint density at radius 3 is 3.00 bits per heavy atom. The summed E-state index contributed by atoms with van der Waals surface area (Å²) >= 11 is 0. The number of morpholine rings is 1. The molecular weight excluding hydrogens is 216 g/mol. The number of hydrogen-bond donors (Lipinski definition) is 1. The van der Waals surface area contributed by atoms with Gasteiger partial charge in [-0.2, -0.15) is 0 Å². The minimum absolute atomic E-state index is 0.457. The zero-order valence-electron chi connectivity index (χ0n) is 10.5. The van der Waals surface area contributed by atoms with Crippen LogP contribution in [0, 0.1) is 0 Å². The molecule has 0 radical (unpaired) electrons. The van der Waals surface area contributed by atoms with E-state index in [1.807, 2.05) is 13.1 Å². The van der Waals surface area contributed by atoms with E-state index in [2.05, 4.69) is 27.1 Å². The number of aromatic nitrogens is 2. The molecule has 1 aromatic rings. The van der Waals surface area contributed by atoms with Crippen LogP contribution in [0.3, 0.4) is 0 Å². The van der Waals surface area contributed by atoms with Crippen LogP contribution in [-0.2, 0) is 11.3 Å². The van der Waals surface area contributed by atoms with E-state index in [4.69, 9.17) is 4.74 Å². The molecule has 1 N–H and O–H groups in total. The van der Waals surface area contributed by atoms with Crippen molar-refractivity contribution >= 4 is 5.82 Å². The number of nitrogens with zero attached hydrogens (tertiary/aromatic N) is 3. The lowest BCUT2D eigenvalue weighted by molar-refractivity contribution is -0.00495. The molecule has 2 heterocycles. The second kappa shape index (κ2) is 5.93. The molecule has 5 heteroatoms. The smallest absolute Gasteiger partial charge is 0.144 e. The average molecular weight is 236 g/mol. The van der Waals surface area contributed by atoms with Crippen LogP contribution in [0.25, 0.3) is 0 Å². The molecule has 0 aromatic carbocycles. The van der Waals surface area contributed by atoms with Gasteiger partial charge in [-0.3, -0.25) is 9.88 Å². The lowest BCUT2D eigenvalue weighted by Gasteiger charge is -2.32. The SMILES string of the molecule is CCNc1cnc(CN2CCOCC2C)cn1. The van der Waals surface area contributed by atoms with Gasteiger partial charge in [0.2, 0.25) is 0 Å². The van der Waals surface area contributed by atoms with Crippen LogP contribution in [0.15, 0.2) is 12.4 Å². The Morgan fingerprint density at radius 1 is 1.47 bits per heavy atom. The van der Waals surface area contributed by atoms with E-state index in [1.54, 1.807) is 6.20 Å². The molecular formula is C12H20N4O. The third kappa shape index (κ3) is 3.38. The fourth-order valence-corrected chi connectivity index (χ4v) is 1.91. The van der Waals surface area contributed by atoms with Gasteiger partial charge >= 0.3 is 0 Å². The van der Waals surface area contributed by atoms with Gasteiger partial charge in [-0.25, -0.2) is 4.98 Å². The predicted octanol–water partition coefficient (Wildman–Crippen LogP) is 1.13. The summed E-state index contributed by atoms with van der Waals surface area (Å²) in [5.41, 5.74) is 1.01. The Labute approximate surface area is 102 Å². The van der Waals surface area contributed by atoms with Gasteiger partial charge in [0.15, 0.2) is 0 Å². The van der Waals surface area contributed by atoms with E-state index in [0.717, 1.165) is 44.4 Å². The first kappa shape index (κ1) is 12.3. The molecule has 1 aliphatic heterocycles. The summed E-state index contributed by atoms with van der Waals surface area (Å²) in [5.74, 6) is 0.839. The highest BCUT2D eigenvalue weighted by Crippen LogP contribution is 2.10. The first-order chi connectivity index (χ1) is 8.29. The summed E-state index contributed by atoms with van der Waals surface area (Å²) in [4.78, 5) is 11.1. The maximum Gasteiger partial charge on any atom is 0.144 e. The summed E-state index contributed by atoms with van der Waals surface area (Å²) in [5, 5.41) is 3.14. The summed E-state index contributed by atoms with van der Waals surface area (Å²) in [7, 11) is 0. The Morgan fingerprint density at radius 2 is 2.35 bits per heavy atom. The highest BCUT2D eigenvalue weighted by Gasteiger charge is 2.19. The average Bonchev–Trinajstić information content (AvgIpc) is 2.35. The van der Waals surface area contributed by atoms with E-state index in [-0.39, 0.29) is 0 Å². The van der Waals surface area contributed by atoms with Crippen LogP contribution in [0.1, 0.15) is 19.5 Å². The van der Waals surface area contributed by atoms with Crippen molar-refractivity contribution in [2.75, 3.05) is 31.6 Å². The van der Waals surface area contributed by atoms with E-state index < -0.39 is 0 Å². The second-order valence-corrected chi connectivity index (χ2v) is 4.32. The van der Waals surface area contributed by atoms with Gasteiger partial charge in [-0.15, -0.1) is 0 Å². The Bertz CT molecular complexity index is 341. The lowest BCUT2D eigenvalue weighted by atomic mass is 10.2. The number of rotatable bonds is 4. The summed E-state index contributed by atoms with van der Waals surface area (Å²) in [6.45, 7) is 8.54. The molecule has 1 atom stereocenters. The maximum absolute atomic E-state index is 5.41. The quantitative estimate of drug-likeness (QED) is 0.849. The van der Waals surface area contributed by atoms with Crippen molar-refractivity contribution in [1.29, 1.82) is 0 Å². The van der Waals surface area contributed by atoms with Gasteiger partial charge in [0.1, 0.15) is 5.82 Å². The van der Waals surface area contributed by atoms with Crippen molar-refractivity contribution in [3.63, 3.8) is 0 Å². The van der Waals surface area contributed by atoms with Crippen molar-refractivity contribution in [1.82, 2.24) is 14.9 Å². The van der Waals surface area contributed by atoms with Crippen molar-refractivity contribution in [2.45, 2.75) is 26.4 Å². The van der Waals surface area contributed by atoms with Gasteiger partial charge < -0.3 is 10.1 Å². The normalized spacial score (nSPS) is 21.4. The largest absolute Gasteiger partial charge is 0.379 e. The number of anilines is 1. The molecule has 94 valence electrons. The lowest BCUT2D eigenvalue weighted by Crippen LogP contribution is -2.43. The Kier molecular flexibility index (Phi) is 4.28. The van der Waals surface area contributed by atoms with E-state index in [9.17, 15) is 0 Å². The second-order valence-electron chi connectivity index (χ2n) is 4.32. The molecule has 0 amide bonds. The van der Waals surface area contributed by atoms with Crippen LogP contribution in [0.4, 0.5) is 5.82 Å². The molecule has 0 spiro atoms. The molecule has 0 saturated carbocycles. The first-order valence-corrected chi connectivity index (χ1v) is 6.16. The summed E-state index contributed by atoms with van der Waals surface area (Å²) in [6, 6.07) is 0.457. The summed E-state index contributed by atoms with van der Waals surface area (Å²) < 4.78 is 5.41. The maximum atomic E-state index is 5.41. The van der Waals surface area contributed by atoms with Crippen LogP contribution >= 0.6 is 0 Å². The number of hydrogen-bond acceptors (Lipinski definition) is 5. The van der Waals surface area contributed by atoms with Crippen molar-refractivity contribution in [3.8, 4) is 0 Å². The highest BCUT2D eigenvalue weighted by molar-refractivity contribution is 5.30. The van der Waals surface area contributed by atoms with Crippen molar-refractivity contribution in [2.24, 2.45) is 0 Å². The van der Waals surface area contributed by atoms with Gasteiger partial charge in [-0.05, 0) is 13.8 Å². The Balaban J connectivity index is 1.93. The van der Waals surface area contributed by atoms with Gasteiger partial charge in [0.25, 0.3) is 0 Å². The van der Waals surface area contributed by atoms with Gasteiger partial charge in [0, 0.05) is 25.7 Å². The minimum Gasteiger partial charge on any atom is -0.379 e. The Hall–Kier alpha value is -1.20. The molecule has 1 fully saturated rings. The topological polar surface area (TPSA) is 50.3 Å². The van der Waals surface area contributed by atoms with Gasteiger partial charge in [0.05, 0.1) is 31.3 Å². The third-order valence-electron chi connectivity index (χ3n) is 2.93. The standard InChI is InChI=1S/C12H20N4O/c1-3-13-12-7-14-11(6-15-12)8-16-4-5-17-9-10(16)2/h6-7,10H,3-5,8-9H2,1-2H3,(H,13,15). The zero-order valence-corrected chi connectivity index (χ0v) is 10.5. The predicted molar refractivity (Wildman–Crippen MR) is 66.9 cm³/mol. The minimum atomic E-state index is 0.457. The first-order valence-electron chi connectivity index (χ1n) is 6.16. The highest BCUT2D eigenvalue weighted by atomic mass is 16.5. The fraction of sp³-hybridized carbons (Fsp3) is 0.667. The molecule has 1 saturated heterocycles. The number of nitrogens with one attached hydrogen (secondary N) is 1. The summed E-state index contributed by atoms with van der Waals surface area (Å²) in [6.07, 6.45) is 3.64. The molecule has 1 aromatic heterocycles. The van der Waals surface area contributed by atoms with Crippen molar-refractivity contribution in [3.05, 3.63) is 18.1 Å². The van der Waals surface area contributed by atoms with E-state index in [1.165, 1.54) is 0 Å². The third-order valence-corrected chi connectivity index (χ3v) is 2.93. The number of ether oxygens (including phenoxy) is 1. The van der Waals surface area contributed by atoms with Crippen LogP contribution in [-0.4, -0.2) is 47.2 Å². The van der Waals surface area contributed by atoms with Crippen LogP contribution in [0.5, 0.6) is 0 Å². The molecule has 0 bridgehead atoms. The van der Waals surface area contributed by atoms with Crippen molar-refractivity contribution < 1.29 is 4.74 Å². The molecule has 1 unspecified atom stereocenters. The molecule has 1 aliphatic rings. The monoisotopic (exact) mass is 236 g/mol. The van der Waals surface area contributed by atoms with Gasteiger partial charge in [-0.1, -0.05) is 0 Å². The van der Waals surface area contributed by atoms with E-state index in [0.29, 0.717) is 6.04 Å². The molecule has 5 nitrogen and oxygen atoms in total. The van der Waals surface area contributed by atoms with E-state index >= 15 is 0 Å². The molecule has 0 aliphatic carbocycles. The van der Waals surface area contributed by atoms with Crippen LogP contribution in [0.2, 0.25) is 0 Å². The fourth-order valence-electron chi connectivity index (χ4n) is 1.91. The molecule has 17 heavy (non-hydrogen) atoms. The van der Waals surface area contributed by atoms with Crippen LogP contribution < -0.4 is 5.32 Å².